The van der Waals surface area contributed by atoms with E-state index < -0.39 is 7.82 Å². The molecule has 0 heterocycles. The number of benzene rings is 1. The summed E-state index contributed by atoms with van der Waals surface area (Å²) in [5.74, 6) is 0.0917. The Labute approximate surface area is 106 Å². The van der Waals surface area contributed by atoms with E-state index in [0.717, 1.165) is 0 Å². The first-order valence-corrected chi connectivity index (χ1v) is 6.19. The van der Waals surface area contributed by atoms with Crippen LogP contribution >= 0.6 is 54.8 Å². The lowest BCUT2D eigenvalue weighted by atomic mass is 10.3. The molecule has 15 heavy (non-hydrogen) atoms. The highest BCUT2D eigenvalue weighted by Crippen LogP contribution is 2.52. The van der Waals surface area contributed by atoms with Crippen LogP contribution in [0.15, 0.2) is 18.2 Å². The van der Waals surface area contributed by atoms with Crippen LogP contribution in [0.1, 0.15) is 0 Å². The van der Waals surface area contributed by atoms with Crippen molar-refractivity contribution in [1.29, 1.82) is 0 Å². The van der Waals surface area contributed by atoms with E-state index in [1.165, 1.54) is 18.2 Å². The van der Waals surface area contributed by atoms with Crippen LogP contribution in [0.2, 0.25) is 10.0 Å². The molecule has 0 fully saturated rings. The minimum absolute atomic E-state index is 0.0917. The molecule has 0 aliphatic rings. The van der Waals surface area contributed by atoms with Crippen molar-refractivity contribution in [2.24, 2.45) is 0 Å². The lowest BCUT2D eigenvalue weighted by Crippen LogP contribution is -1.92. The zero-order chi connectivity index (χ0) is 11.5. The normalized spacial score (nSPS) is 11.5. The zero-order valence-corrected chi connectivity index (χ0v) is 10.7. The van der Waals surface area contributed by atoms with Crippen molar-refractivity contribution >= 4 is 54.8 Å². The van der Waals surface area contributed by atoms with E-state index in [-0.39, 0.29) is 10.8 Å². The molecule has 0 saturated carbocycles. The summed E-state index contributed by atoms with van der Waals surface area (Å²) < 4.78 is 23.9. The summed E-state index contributed by atoms with van der Waals surface area (Å²) in [7, 11) is -4.01. The molecule has 0 saturated heterocycles. The van der Waals surface area contributed by atoms with Gasteiger partial charge < -0.3 is 4.52 Å². The lowest BCUT2D eigenvalue weighted by Gasteiger charge is -2.10. The van der Waals surface area contributed by atoms with Gasteiger partial charge in [0.05, 0.1) is 33.8 Å². The monoisotopic (exact) mass is 310 g/mol. The summed E-state index contributed by atoms with van der Waals surface area (Å²) in [6.45, 7) is 0. The van der Waals surface area contributed by atoms with Crippen molar-refractivity contribution < 1.29 is 17.2 Å². The molecule has 0 aromatic heterocycles. The third-order valence-corrected chi connectivity index (χ3v) is 3.80. The molecule has 0 unspecified atom stereocenters. The number of hydrogen-bond donors (Lipinski definition) is 0. The average Bonchev–Trinajstić information content (AvgIpc) is 2.23. The molecule has 0 atom stereocenters. The molecule has 1 rings (SSSR count). The summed E-state index contributed by atoms with van der Waals surface area (Å²) in [6.07, 6.45) is 0. The summed E-state index contributed by atoms with van der Waals surface area (Å²) in [4.78, 5) is 0. The first-order chi connectivity index (χ1) is 7.00. The minimum atomic E-state index is -4.01. The van der Waals surface area contributed by atoms with E-state index in [1.807, 2.05) is 0 Å². The van der Waals surface area contributed by atoms with Crippen LogP contribution in [0, 0.1) is 0 Å². The molecule has 9 heteroatoms. The standard InChI is InChI=1S/C6H3Cl4O4P/c7-5-2-1-4(3-6(5)8)12-15(11,13-9)14-10/h1-3H. The van der Waals surface area contributed by atoms with E-state index in [9.17, 15) is 4.57 Å². The van der Waals surface area contributed by atoms with Gasteiger partial charge in [-0.1, -0.05) is 23.2 Å². The van der Waals surface area contributed by atoms with Crippen LogP contribution in [-0.2, 0) is 12.7 Å². The van der Waals surface area contributed by atoms with Crippen molar-refractivity contribution in [2.45, 2.75) is 0 Å². The highest BCUT2D eigenvalue weighted by molar-refractivity contribution is 7.50. The van der Waals surface area contributed by atoms with Gasteiger partial charge in [0.15, 0.2) is 0 Å². The SMILES string of the molecule is O=P(OCl)(OCl)Oc1ccc(Cl)c(Cl)c1. The Morgan fingerprint density at radius 3 is 2.13 bits per heavy atom. The summed E-state index contributed by atoms with van der Waals surface area (Å²) >= 11 is 21.1. The molecule has 1 aromatic rings. The summed E-state index contributed by atoms with van der Waals surface area (Å²) in [6, 6.07) is 4.14. The maximum absolute atomic E-state index is 11.3. The molecule has 84 valence electrons. The van der Waals surface area contributed by atoms with Gasteiger partial charge in [0.25, 0.3) is 0 Å². The summed E-state index contributed by atoms with van der Waals surface area (Å²) in [5.41, 5.74) is 0. The number of phosphoric acid groups is 1. The van der Waals surface area contributed by atoms with Gasteiger partial charge in [-0.25, -0.2) is 4.57 Å². The smallest absolute Gasteiger partial charge is 0.402 e. The van der Waals surface area contributed by atoms with Crippen molar-refractivity contribution in [3.8, 4) is 5.75 Å². The topological polar surface area (TPSA) is 44.8 Å². The van der Waals surface area contributed by atoms with Gasteiger partial charge in [0.1, 0.15) is 5.75 Å². The van der Waals surface area contributed by atoms with Crippen molar-refractivity contribution in [1.82, 2.24) is 0 Å². The number of halogens is 4. The first kappa shape index (κ1) is 13.4. The van der Waals surface area contributed by atoms with Gasteiger partial charge in [0.2, 0.25) is 0 Å². The van der Waals surface area contributed by atoms with Crippen molar-refractivity contribution in [3.63, 3.8) is 0 Å². The Kier molecular flexibility index (Phi) is 5.00. The Hall–Kier alpha value is 0.330. The average molecular weight is 312 g/mol. The Balaban J connectivity index is 2.90. The second-order valence-corrected chi connectivity index (χ2v) is 5.25. The number of rotatable bonds is 4. The van der Waals surface area contributed by atoms with E-state index >= 15 is 0 Å². The van der Waals surface area contributed by atoms with E-state index in [0.29, 0.717) is 5.02 Å². The predicted octanol–water partition coefficient (Wildman–Crippen LogP) is 4.82. The molecule has 0 radical (unpaired) electrons. The van der Waals surface area contributed by atoms with Gasteiger partial charge in [-0.05, 0) is 12.1 Å². The predicted molar refractivity (Wildman–Crippen MR) is 58.6 cm³/mol. The molecule has 0 aliphatic carbocycles. The van der Waals surface area contributed by atoms with Gasteiger partial charge in [0, 0.05) is 6.07 Å². The maximum Gasteiger partial charge on any atom is 0.563 e. The van der Waals surface area contributed by atoms with Gasteiger partial charge in [-0.15, -0.1) is 0 Å². The molecule has 0 N–H and O–H groups in total. The Bertz CT molecular complexity index is 391. The number of hydrogen-bond acceptors (Lipinski definition) is 4. The van der Waals surface area contributed by atoms with Gasteiger partial charge in [-0.3, -0.25) is 0 Å². The molecule has 0 spiro atoms. The minimum Gasteiger partial charge on any atom is -0.402 e. The van der Waals surface area contributed by atoms with E-state index in [2.05, 4.69) is 8.15 Å². The highest BCUT2D eigenvalue weighted by atomic mass is 35.5. The lowest BCUT2D eigenvalue weighted by molar-refractivity contribution is 0.318. The molecule has 4 nitrogen and oxygen atoms in total. The van der Waals surface area contributed by atoms with E-state index in [1.54, 1.807) is 0 Å². The molecular weight excluding hydrogens is 309 g/mol. The highest BCUT2D eigenvalue weighted by Gasteiger charge is 2.28. The second kappa shape index (κ2) is 5.60. The van der Waals surface area contributed by atoms with Crippen molar-refractivity contribution in [3.05, 3.63) is 28.2 Å². The fraction of sp³-hybridized carbons (Fsp3) is 0. The molecule has 0 amide bonds. The summed E-state index contributed by atoms with van der Waals surface area (Å²) in [5, 5.41) is 0.530. The van der Waals surface area contributed by atoms with Gasteiger partial charge >= 0.3 is 7.82 Å². The Morgan fingerprint density at radius 1 is 1.07 bits per heavy atom. The molecular formula is C6H3Cl4O4P. The van der Waals surface area contributed by atoms with Crippen LogP contribution < -0.4 is 4.52 Å². The third kappa shape index (κ3) is 3.68. The van der Waals surface area contributed by atoms with Crippen LogP contribution in [-0.4, -0.2) is 0 Å². The quantitative estimate of drug-likeness (QED) is 0.748. The Morgan fingerprint density at radius 2 is 1.67 bits per heavy atom. The fourth-order valence-electron chi connectivity index (χ4n) is 0.702. The fourth-order valence-corrected chi connectivity index (χ4v) is 1.86. The third-order valence-electron chi connectivity index (χ3n) is 1.28. The van der Waals surface area contributed by atoms with E-state index in [4.69, 9.17) is 51.5 Å². The molecule has 0 bridgehead atoms. The molecule has 0 aliphatic heterocycles. The molecule has 1 aromatic carbocycles. The van der Waals surface area contributed by atoms with Crippen LogP contribution in [0.3, 0.4) is 0 Å². The maximum atomic E-state index is 11.3. The first-order valence-electron chi connectivity index (χ1n) is 3.36. The van der Waals surface area contributed by atoms with Gasteiger partial charge in [-0.2, -0.15) is 8.15 Å². The second-order valence-electron chi connectivity index (χ2n) is 2.25. The zero-order valence-electron chi connectivity index (χ0n) is 6.82. The van der Waals surface area contributed by atoms with Crippen molar-refractivity contribution in [2.75, 3.05) is 0 Å². The van der Waals surface area contributed by atoms with Crippen LogP contribution in [0.25, 0.3) is 0 Å². The largest absolute Gasteiger partial charge is 0.563 e. The van der Waals surface area contributed by atoms with Crippen LogP contribution in [0.4, 0.5) is 0 Å². The van der Waals surface area contributed by atoms with Crippen LogP contribution in [0.5, 0.6) is 5.75 Å².